The van der Waals surface area contributed by atoms with Gasteiger partial charge in [0.15, 0.2) is 5.69 Å². The van der Waals surface area contributed by atoms with E-state index in [4.69, 9.17) is 0 Å². The zero-order valence-corrected chi connectivity index (χ0v) is 17.1. The highest BCUT2D eigenvalue weighted by Gasteiger charge is 2.35. The number of unbranched alkanes of at least 4 members (excludes halogenated alkanes) is 1. The van der Waals surface area contributed by atoms with E-state index >= 15 is 0 Å². The second-order valence-electron chi connectivity index (χ2n) is 7.32. The van der Waals surface area contributed by atoms with Gasteiger partial charge in [-0.2, -0.15) is 0 Å². The average Bonchev–Trinajstić information content (AvgIpc) is 2.89. The van der Waals surface area contributed by atoms with Crippen LogP contribution in [0, 0.1) is 6.92 Å². The lowest BCUT2D eigenvalue weighted by molar-refractivity contribution is -0.121. The summed E-state index contributed by atoms with van der Waals surface area (Å²) in [6.45, 7) is 5.59. The van der Waals surface area contributed by atoms with Gasteiger partial charge in [0.05, 0.1) is 11.4 Å². The summed E-state index contributed by atoms with van der Waals surface area (Å²) in [7, 11) is 1.74. The van der Waals surface area contributed by atoms with Gasteiger partial charge in [0, 0.05) is 7.05 Å². The van der Waals surface area contributed by atoms with Crippen LogP contribution in [-0.4, -0.2) is 26.0 Å². The highest BCUT2D eigenvalue weighted by Crippen LogP contribution is 2.22. The Hall–Kier alpha value is -3.36. The first kappa shape index (κ1) is 20.4. The van der Waals surface area contributed by atoms with E-state index in [0.717, 1.165) is 12.8 Å². The third kappa shape index (κ3) is 3.94. The Morgan fingerprint density at radius 2 is 1.83 bits per heavy atom. The number of amides is 1. The van der Waals surface area contributed by atoms with Gasteiger partial charge in [0.25, 0.3) is 11.5 Å². The molecule has 0 saturated heterocycles. The number of benzene rings is 1. The predicted octanol–water partition coefficient (Wildman–Crippen LogP) is 2.92. The van der Waals surface area contributed by atoms with Gasteiger partial charge < -0.3 is 15.7 Å². The quantitative estimate of drug-likeness (QED) is 0.649. The van der Waals surface area contributed by atoms with Crippen LogP contribution in [0.25, 0.3) is 5.69 Å². The minimum Gasteiger partial charge on any atom is -0.493 e. The Kier molecular flexibility index (Phi) is 5.58. The summed E-state index contributed by atoms with van der Waals surface area (Å²) < 4.78 is 3.14. The summed E-state index contributed by atoms with van der Waals surface area (Å²) in [5.41, 5.74) is 0.00231. The largest absolute Gasteiger partial charge is 0.493 e. The smallest absolute Gasteiger partial charge is 0.299 e. The van der Waals surface area contributed by atoms with Crippen molar-refractivity contribution in [2.24, 2.45) is 17.3 Å². The molecule has 1 amide bonds. The molecule has 9 nitrogen and oxygen atoms in total. The monoisotopic (exact) mass is 398 g/mol. The topological polar surface area (TPSA) is 113 Å². The normalized spacial score (nSPS) is 19.5. The van der Waals surface area contributed by atoms with Crippen LogP contribution in [-0.2, 0) is 11.8 Å². The summed E-state index contributed by atoms with van der Waals surface area (Å²) in [5.74, 6) is -0.895. The van der Waals surface area contributed by atoms with Crippen molar-refractivity contribution < 1.29 is 9.90 Å². The van der Waals surface area contributed by atoms with Crippen molar-refractivity contribution in [1.82, 2.24) is 20.0 Å². The summed E-state index contributed by atoms with van der Waals surface area (Å²) in [5, 5.41) is 23.9. The van der Waals surface area contributed by atoms with Crippen LogP contribution in [0.15, 0.2) is 56.9 Å². The number of hydrogen-bond acceptors (Lipinski definition) is 6. The number of rotatable bonds is 6. The molecule has 1 aromatic carbocycles. The van der Waals surface area contributed by atoms with Crippen LogP contribution in [0.5, 0.6) is 0 Å². The summed E-state index contributed by atoms with van der Waals surface area (Å²) in [4.78, 5) is 25.3. The maximum Gasteiger partial charge on any atom is 0.299 e. The molecule has 0 radical (unpaired) electrons. The van der Waals surface area contributed by atoms with Crippen molar-refractivity contribution in [3.63, 3.8) is 0 Å². The molecule has 29 heavy (non-hydrogen) atoms. The van der Waals surface area contributed by atoms with E-state index in [0.29, 0.717) is 17.8 Å². The third-order valence-electron chi connectivity index (χ3n) is 5.03. The Morgan fingerprint density at radius 3 is 2.45 bits per heavy atom. The lowest BCUT2D eigenvalue weighted by Crippen LogP contribution is -2.60. The Bertz CT molecular complexity index is 1030. The van der Waals surface area contributed by atoms with Gasteiger partial charge in [-0.3, -0.25) is 14.3 Å². The number of aliphatic hydroxyl groups excluding tert-OH is 1. The third-order valence-corrected chi connectivity index (χ3v) is 5.03. The molecular weight excluding hydrogens is 372 g/mol. The maximum absolute atomic E-state index is 12.9. The Labute approximate surface area is 168 Å². The van der Waals surface area contributed by atoms with Crippen LogP contribution in [0.3, 0.4) is 0 Å². The average molecular weight is 398 g/mol. The van der Waals surface area contributed by atoms with E-state index in [1.165, 1.54) is 4.68 Å². The zero-order chi connectivity index (χ0) is 21.2. The van der Waals surface area contributed by atoms with E-state index in [1.54, 1.807) is 25.6 Å². The van der Waals surface area contributed by atoms with Crippen molar-refractivity contribution in [1.29, 1.82) is 0 Å². The van der Waals surface area contributed by atoms with Crippen molar-refractivity contribution in [2.45, 2.75) is 45.7 Å². The second-order valence-corrected chi connectivity index (χ2v) is 7.32. The summed E-state index contributed by atoms with van der Waals surface area (Å²) >= 11 is 0. The van der Waals surface area contributed by atoms with Crippen molar-refractivity contribution >= 4 is 11.6 Å². The fourth-order valence-corrected chi connectivity index (χ4v) is 3.29. The van der Waals surface area contributed by atoms with Gasteiger partial charge in [0.1, 0.15) is 5.66 Å². The number of nitrogens with zero attached hydrogens (tertiary/aromatic N) is 4. The molecule has 3 rings (SSSR count). The van der Waals surface area contributed by atoms with Crippen molar-refractivity contribution in [3.8, 4) is 5.69 Å². The standard InChI is InChI=1S/C20H26N6O3/c1-5-6-12-20(3)21-17(27)16(18(28)22-20)24-23-15-13(2)25(4)26(19(15)29)14-10-8-7-9-11-14/h7-11,21,27H,5-6,12H2,1-4H3,(H,22,28)/b24-23+. The number of carbonyl (C=O) groups is 1. The first-order valence-corrected chi connectivity index (χ1v) is 9.57. The van der Waals surface area contributed by atoms with Crippen molar-refractivity contribution in [2.75, 3.05) is 0 Å². The molecule has 0 fully saturated rings. The number of para-hydroxylation sites is 1. The SMILES string of the molecule is CCCCC1(C)NC(=O)C(/N=N/c2c(C)n(C)n(-c3ccccc3)c2=O)=C(O)N1. The van der Waals surface area contributed by atoms with Crippen molar-refractivity contribution in [3.05, 3.63) is 58.0 Å². The summed E-state index contributed by atoms with van der Waals surface area (Å²) in [6, 6.07) is 9.16. The molecule has 2 heterocycles. The second kappa shape index (κ2) is 7.94. The van der Waals surface area contributed by atoms with Gasteiger partial charge in [-0.15, -0.1) is 10.2 Å². The van der Waals surface area contributed by atoms with Gasteiger partial charge in [-0.1, -0.05) is 31.5 Å². The molecule has 0 saturated carbocycles. The number of azo groups is 1. The lowest BCUT2D eigenvalue weighted by Gasteiger charge is -2.35. The molecule has 0 aliphatic carbocycles. The molecule has 0 spiro atoms. The van der Waals surface area contributed by atoms with E-state index in [2.05, 4.69) is 20.9 Å². The fraction of sp³-hybridized carbons (Fsp3) is 0.400. The van der Waals surface area contributed by atoms with Gasteiger partial charge in [0.2, 0.25) is 11.6 Å². The first-order valence-electron chi connectivity index (χ1n) is 9.57. The van der Waals surface area contributed by atoms with E-state index < -0.39 is 11.6 Å². The van der Waals surface area contributed by atoms with Crippen LogP contribution in [0.2, 0.25) is 0 Å². The highest BCUT2D eigenvalue weighted by molar-refractivity contribution is 5.94. The zero-order valence-electron chi connectivity index (χ0n) is 17.1. The maximum atomic E-state index is 12.9. The summed E-state index contributed by atoms with van der Waals surface area (Å²) in [6.07, 6.45) is 2.50. The predicted molar refractivity (Wildman–Crippen MR) is 109 cm³/mol. The minimum atomic E-state index is -0.751. The molecule has 154 valence electrons. The molecule has 1 aliphatic rings. The first-order chi connectivity index (χ1) is 13.8. The number of hydrogen-bond donors (Lipinski definition) is 3. The molecule has 2 aromatic rings. The van der Waals surface area contributed by atoms with E-state index in [-0.39, 0.29) is 22.8 Å². The molecular formula is C20H26N6O3. The molecule has 1 unspecified atom stereocenters. The van der Waals surface area contributed by atoms with Gasteiger partial charge in [-0.25, -0.2) is 4.68 Å². The number of nitrogens with one attached hydrogen (secondary N) is 2. The molecule has 1 aromatic heterocycles. The lowest BCUT2D eigenvalue weighted by atomic mass is 10.0. The van der Waals surface area contributed by atoms with Gasteiger partial charge in [-0.05, 0) is 38.8 Å². The van der Waals surface area contributed by atoms with Crippen LogP contribution in [0.1, 0.15) is 38.8 Å². The fourth-order valence-electron chi connectivity index (χ4n) is 3.29. The molecule has 1 atom stereocenters. The molecule has 0 bridgehead atoms. The minimum absolute atomic E-state index is 0.101. The van der Waals surface area contributed by atoms with Gasteiger partial charge >= 0.3 is 0 Å². The number of carbonyl (C=O) groups excluding carboxylic acids is 1. The van der Waals surface area contributed by atoms with Crippen LogP contribution < -0.4 is 16.2 Å². The Balaban J connectivity index is 1.94. The molecule has 9 heteroatoms. The van der Waals surface area contributed by atoms with Crippen LogP contribution >= 0.6 is 0 Å². The molecule has 1 aliphatic heterocycles. The van der Waals surface area contributed by atoms with E-state index in [1.807, 2.05) is 37.3 Å². The molecule has 3 N–H and O–H groups in total. The number of aliphatic hydroxyl groups is 1. The van der Waals surface area contributed by atoms with E-state index in [9.17, 15) is 14.7 Å². The Morgan fingerprint density at radius 1 is 1.14 bits per heavy atom. The number of aromatic nitrogens is 2. The van der Waals surface area contributed by atoms with Crippen LogP contribution in [0.4, 0.5) is 5.69 Å². The highest BCUT2D eigenvalue weighted by atomic mass is 16.3.